The summed E-state index contributed by atoms with van der Waals surface area (Å²) in [5, 5.41) is 0.819. The van der Waals surface area contributed by atoms with Crippen LogP contribution in [-0.2, 0) is 22.7 Å². The maximum absolute atomic E-state index is 11.6. The van der Waals surface area contributed by atoms with E-state index in [9.17, 15) is 4.79 Å². The van der Waals surface area contributed by atoms with E-state index >= 15 is 0 Å². The number of aromatic nitrogens is 1. The van der Waals surface area contributed by atoms with Crippen molar-refractivity contribution in [2.75, 3.05) is 7.11 Å². The van der Waals surface area contributed by atoms with Crippen molar-refractivity contribution in [3.8, 4) is 0 Å². The lowest BCUT2D eigenvalue weighted by atomic mass is 10.1. The Morgan fingerprint density at radius 3 is 2.91 bits per heavy atom. The zero-order valence-corrected chi connectivity index (χ0v) is 14.0. The number of hydrogen-bond acceptors (Lipinski definition) is 5. The first-order valence-corrected chi connectivity index (χ1v) is 7.73. The van der Waals surface area contributed by atoms with Crippen LogP contribution in [0.2, 0.25) is 0 Å². The highest BCUT2D eigenvalue weighted by Gasteiger charge is 2.13. The predicted octanol–water partition coefficient (Wildman–Crippen LogP) is 4.09. The highest BCUT2D eigenvalue weighted by Crippen LogP contribution is 2.29. The lowest BCUT2D eigenvalue weighted by Gasteiger charge is -2.01. The molecule has 23 heavy (non-hydrogen) atoms. The van der Waals surface area contributed by atoms with Gasteiger partial charge in [0.25, 0.3) is 0 Å². The van der Waals surface area contributed by atoms with Crippen LogP contribution >= 0.6 is 15.9 Å². The molecule has 0 aliphatic carbocycles. The number of ether oxygens (including phenoxy) is 2. The molecule has 0 bridgehead atoms. The van der Waals surface area contributed by atoms with Gasteiger partial charge in [-0.05, 0) is 45.8 Å². The van der Waals surface area contributed by atoms with E-state index in [1.165, 1.54) is 7.11 Å². The Morgan fingerprint density at radius 1 is 1.30 bits per heavy atom. The number of benzene rings is 1. The fraction of sp³-hybridized carbons (Fsp3) is 0.176. The molecule has 0 radical (unpaired) electrons. The zero-order chi connectivity index (χ0) is 16.2. The molecule has 2 heterocycles. The summed E-state index contributed by atoms with van der Waals surface area (Å²) in [6.45, 7) is 0.795. The molecule has 6 heteroatoms. The zero-order valence-electron chi connectivity index (χ0n) is 12.4. The molecule has 0 saturated carbocycles. The van der Waals surface area contributed by atoms with Gasteiger partial charge >= 0.3 is 5.97 Å². The number of fused-ring (bicyclic) bond motifs is 1. The number of furan rings is 1. The Balaban J connectivity index is 1.75. The number of esters is 1. The van der Waals surface area contributed by atoms with Gasteiger partial charge in [-0.25, -0.2) is 4.79 Å². The third-order valence-corrected chi connectivity index (χ3v) is 3.87. The van der Waals surface area contributed by atoms with Crippen LogP contribution in [0.25, 0.3) is 11.0 Å². The second-order valence-corrected chi connectivity index (χ2v) is 5.79. The third kappa shape index (κ3) is 3.60. The topological polar surface area (TPSA) is 61.6 Å². The van der Waals surface area contributed by atoms with Gasteiger partial charge in [-0.3, -0.25) is 4.98 Å². The molecule has 3 rings (SSSR count). The summed E-state index contributed by atoms with van der Waals surface area (Å²) in [6.07, 6.45) is 3.48. The summed E-state index contributed by atoms with van der Waals surface area (Å²) in [6, 6.07) is 9.09. The number of nitrogens with zero attached hydrogens (tertiary/aromatic N) is 1. The van der Waals surface area contributed by atoms with Crippen LogP contribution in [0.5, 0.6) is 0 Å². The smallest absolute Gasteiger partial charge is 0.337 e. The number of rotatable bonds is 5. The summed E-state index contributed by atoms with van der Waals surface area (Å²) in [5.74, 6) is 0.301. The van der Waals surface area contributed by atoms with E-state index < -0.39 is 0 Å². The second kappa shape index (κ2) is 6.93. The summed E-state index contributed by atoms with van der Waals surface area (Å²) in [5.41, 5.74) is 2.14. The van der Waals surface area contributed by atoms with Crippen LogP contribution in [0, 0.1) is 0 Å². The Labute approximate surface area is 141 Å². The van der Waals surface area contributed by atoms with Crippen LogP contribution in [0.3, 0.4) is 0 Å². The van der Waals surface area contributed by atoms with Crippen molar-refractivity contribution in [2.45, 2.75) is 13.2 Å². The molecule has 0 atom stereocenters. The normalized spacial score (nSPS) is 10.9. The van der Waals surface area contributed by atoms with Gasteiger partial charge in [-0.1, -0.05) is 6.07 Å². The van der Waals surface area contributed by atoms with Gasteiger partial charge in [0, 0.05) is 17.8 Å². The molecule has 3 aromatic rings. The molecule has 0 amide bonds. The molecule has 0 aliphatic rings. The van der Waals surface area contributed by atoms with E-state index in [4.69, 9.17) is 13.9 Å². The number of pyridine rings is 1. The number of methoxy groups -OCH3 is 1. The largest absolute Gasteiger partial charge is 0.465 e. The van der Waals surface area contributed by atoms with Crippen molar-refractivity contribution in [1.82, 2.24) is 4.98 Å². The fourth-order valence-corrected chi connectivity index (χ4v) is 2.78. The molecular formula is C17H14BrNO4. The van der Waals surface area contributed by atoms with E-state index in [2.05, 4.69) is 20.9 Å². The minimum Gasteiger partial charge on any atom is -0.465 e. The molecule has 0 fully saturated rings. The van der Waals surface area contributed by atoms with Gasteiger partial charge in [0.1, 0.15) is 18.0 Å². The average molecular weight is 376 g/mol. The highest BCUT2D eigenvalue weighted by atomic mass is 79.9. The van der Waals surface area contributed by atoms with E-state index in [0.29, 0.717) is 34.6 Å². The highest BCUT2D eigenvalue weighted by molar-refractivity contribution is 9.10. The molecule has 0 saturated heterocycles. The molecule has 1 aromatic carbocycles. The van der Waals surface area contributed by atoms with Crippen LogP contribution in [0.4, 0.5) is 0 Å². The maximum atomic E-state index is 11.6. The lowest BCUT2D eigenvalue weighted by Crippen LogP contribution is -2.00. The van der Waals surface area contributed by atoms with Gasteiger partial charge in [0.05, 0.1) is 23.8 Å². The molecule has 118 valence electrons. The van der Waals surface area contributed by atoms with E-state index in [1.54, 1.807) is 24.5 Å². The second-order valence-electron chi connectivity index (χ2n) is 4.93. The molecule has 5 nitrogen and oxygen atoms in total. The van der Waals surface area contributed by atoms with Gasteiger partial charge in [-0.15, -0.1) is 0 Å². The SMILES string of the molecule is COC(=O)c1cc(Br)c2oc(COCc3cccnc3)cc2c1. The van der Waals surface area contributed by atoms with Crippen molar-refractivity contribution in [2.24, 2.45) is 0 Å². The number of halogens is 1. The summed E-state index contributed by atoms with van der Waals surface area (Å²) in [7, 11) is 1.35. The minimum absolute atomic E-state index is 0.337. The van der Waals surface area contributed by atoms with E-state index in [-0.39, 0.29) is 5.97 Å². The van der Waals surface area contributed by atoms with Gasteiger partial charge < -0.3 is 13.9 Å². The lowest BCUT2D eigenvalue weighted by molar-refractivity contribution is 0.0601. The van der Waals surface area contributed by atoms with E-state index in [1.807, 2.05) is 18.2 Å². The number of carbonyl (C=O) groups is 1. The van der Waals surface area contributed by atoms with Crippen molar-refractivity contribution >= 4 is 32.9 Å². The number of carbonyl (C=O) groups excluding carboxylic acids is 1. The molecular weight excluding hydrogens is 362 g/mol. The summed E-state index contributed by atoms with van der Waals surface area (Å²) >= 11 is 3.41. The molecule has 2 aromatic heterocycles. The monoisotopic (exact) mass is 375 g/mol. The molecule has 0 spiro atoms. The summed E-state index contributed by atoms with van der Waals surface area (Å²) < 4.78 is 16.8. The molecule has 0 aliphatic heterocycles. The quantitative estimate of drug-likeness (QED) is 0.628. The van der Waals surface area contributed by atoms with Crippen molar-refractivity contribution in [3.63, 3.8) is 0 Å². The fourth-order valence-electron chi connectivity index (χ4n) is 2.22. The van der Waals surface area contributed by atoms with Gasteiger partial charge in [0.2, 0.25) is 0 Å². The molecule has 0 N–H and O–H groups in total. The first kappa shape index (κ1) is 15.7. The number of hydrogen-bond donors (Lipinski definition) is 0. The maximum Gasteiger partial charge on any atom is 0.337 e. The molecule has 0 unspecified atom stereocenters. The minimum atomic E-state index is -0.386. The predicted molar refractivity (Wildman–Crippen MR) is 88.0 cm³/mol. The average Bonchev–Trinajstić information content (AvgIpc) is 2.98. The van der Waals surface area contributed by atoms with Crippen LogP contribution in [-0.4, -0.2) is 18.1 Å². The first-order valence-electron chi connectivity index (χ1n) is 6.94. The van der Waals surface area contributed by atoms with Crippen LogP contribution in [0.15, 0.2) is 51.6 Å². The Hall–Kier alpha value is -2.18. The standard InChI is InChI=1S/C17H14BrNO4/c1-21-17(20)13-5-12-6-14(23-16(12)15(18)7-13)10-22-9-11-3-2-4-19-8-11/h2-8H,9-10H2,1H3. The Kier molecular flexibility index (Phi) is 4.73. The van der Waals surface area contributed by atoms with Gasteiger partial charge in [0.15, 0.2) is 0 Å². The Bertz CT molecular complexity index is 829. The Morgan fingerprint density at radius 2 is 2.17 bits per heavy atom. The first-order chi connectivity index (χ1) is 11.2. The van der Waals surface area contributed by atoms with Gasteiger partial charge in [-0.2, -0.15) is 0 Å². The van der Waals surface area contributed by atoms with Crippen LogP contribution in [0.1, 0.15) is 21.7 Å². The van der Waals surface area contributed by atoms with Crippen molar-refractivity contribution < 1.29 is 18.7 Å². The third-order valence-electron chi connectivity index (χ3n) is 3.28. The van der Waals surface area contributed by atoms with Crippen molar-refractivity contribution in [1.29, 1.82) is 0 Å². The van der Waals surface area contributed by atoms with E-state index in [0.717, 1.165) is 10.9 Å². The summed E-state index contributed by atoms with van der Waals surface area (Å²) in [4.78, 5) is 15.7. The van der Waals surface area contributed by atoms with Crippen LogP contribution < -0.4 is 0 Å². The van der Waals surface area contributed by atoms with Crippen molar-refractivity contribution in [3.05, 3.63) is 64.1 Å².